The maximum absolute atomic E-state index is 12.5. The Labute approximate surface area is 152 Å². The minimum absolute atomic E-state index is 0.394. The molecule has 0 radical (unpaired) electrons. The highest BCUT2D eigenvalue weighted by molar-refractivity contribution is 5.76. The Morgan fingerprint density at radius 1 is 0.708 bits per heavy atom. The van der Waals surface area contributed by atoms with E-state index in [0.717, 1.165) is 25.9 Å². The van der Waals surface area contributed by atoms with Crippen LogP contribution in [0.25, 0.3) is 0 Å². The fourth-order valence-electron chi connectivity index (χ4n) is 3.23. The van der Waals surface area contributed by atoms with E-state index in [0.29, 0.717) is 11.8 Å². The third-order valence-corrected chi connectivity index (χ3v) is 4.71. The summed E-state index contributed by atoms with van der Waals surface area (Å²) in [4.78, 5) is 14.6. The number of amides is 1. The minimum atomic E-state index is 0.394. The molecule has 24 heavy (non-hydrogen) atoms. The summed E-state index contributed by atoms with van der Waals surface area (Å²) in [5, 5.41) is 0. The molecule has 1 amide bonds. The maximum atomic E-state index is 12.5. The van der Waals surface area contributed by atoms with Crippen LogP contribution in [-0.4, -0.2) is 23.9 Å². The van der Waals surface area contributed by atoms with Gasteiger partial charge in [-0.2, -0.15) is 0 Å². The van der Waals surface area contributed by atoms with Gasteiger partial charge in [-0.3, -0.25) is 4.79 Å². The van der Waals surface area contributed by atoms with Crippen molar-refractivity contribution >= 4 is 5.91 Å². The molecule has 144 valence electrons. The van der Waals surface area contributed by atoms with E-state index in [2.05, 4.69) is 32.6 Å². The second-order valence-electron chi connectivity index (χ2n) is 7.87. The SMILES string of the molecule is CCCCCCCCCC(=O)N(CCCCCCCC)CC(C)C. The van der Waals surface area contributed by atoms with Crippen molar-refractivity contribution in [3.8, 4) is 0 Å². The quantitative estimate of drug-likeness (QED) is 0.262. The van der Waals surface area contributed by atoms with Crippen molar-refractivity contribution in [3.05, 3.63) is 0 Å². The highest BCUT2D eigenvalue weighted by atomic mass is 16.2. The number of unbranched alkanes of at least 4 members (excludes halogenated alkanes) is 11. The lowest BCUT2D eigenvalue weighted by atomic mass is 10.1. The van der Waals surface area contributed by atoms with Gasteiger partial charge in [-0.25, -0.2) is 0 Å². The van der Waals surface area contributed by atoms with Crippen molar-refractivity contribution in [2.24, 2.45) is 5.92 Å². The van der Waals surface area contributed by atoms with Gasteiger partial charge in [0.15, 0.2) is 0 Å². The molecule has 0 saturated carbocycles. The second kappa shape index (κ2) is 17.3. The first-order chi connectivity index (χ1) is 11.6. The van der Waals surface area contributed by atoms with E-state index >= 15 is 0 Å². The van der Waals surface area contributed by atoms with Crippen molar-refractivity contribution in [1.29, 1.82) is 0 Å². The summed E-state index contributed by atoms with van der Waals surface area (Å²) in [6.07, 6.45) is 17.5. The van der Waals surface area contributed by atoms with E-state index in [4.69, 9.17) is 0 Å². The van der Waals surface area contributed by atoms with Gasteiger partial charge in [-0.15, -0.1) is 0 Å². The van der Waals surface area contributed by atoms with Crippen molar-refractivity contribution < 1.29 is 4.79 Å². The van der Waals surface area contributed by atoms with E-state index in [1.165, 1.54) is 77.0 Å². The van der Waals surface area contributed by atoms with Gasteiger partial charge >= 0.3 is 0 Å². The predicted octanol–water partition coefficient (Wildman–Crippen LogP) is 6.97. The van der Waals surface area contributed by atoms with Gasteiger partial charge in [0.05, 0.1) is 0 Å². The van der Waals surface area contributed by atoms with Crippen LogP contribution in [0.5, 0.6) is 0 Å². The Kier molecular flexibility index (Phi) is 16.9. The Morgan fingerprint density at radius 3 is 1.67 bits per heavy atom. The molecule has 2 heteroatoms. The van der Waals surface area contributed by atoms with E-state index in [1.807, 2.05) is 0 Å². The second-order valence-corrected chi connectivity index (χ2v) is 7.87. The van der Waals surface area contributed by atoms with Gasteiger partial charge in [-0.05, 0) is 18.8 Å². The number of hydrogen-bond donors (Lipinski definition) is 0. The van der Waals surface area contributed by atoms with Crippen LogP contribution >= 0.6 is 0 Å². The minimum Gasteiger partial charge on any atom is -0.342 e. The fraction of sp³-hybridized carbons (Fsp3) is 0.955. The van der Waals surface area contributed by atoms with Gasteiger partial charge in [0.2, 0.25) is 5.91 Å². The standard InChI is InChI=1S/C22H45NO/c1-5-7-9-11-13-14-16-18-22(24)23(20-21(3)4)19-17-15-12-10-8-6-2/h21H,5-20H2,1-4H3. The molecule has 0 aromatic heterocycles. The predicted molar refractivity (Wildman–Crippen MR) is 107 cm³/mol. The number of carbonyl (C=O) groups is 1. The van der Waals surface area contributed by atoms with Gasteiger partial charge < -0.3 is 4.90 Å². The molecule has 0 aromatic rings. The van der Waals surface area contributed by atoms with E-state index in [1.54, 1.807) is 0 Å². The lowest BCUT2D eigenvalue weighted by Crippen LogP contribution is -2.34. The van der Waals surface area contributed by atoms with Crippen LogP contribution in [0.1, 0.15) is 118 Å². The molecule has 0 spiro atoms. The van der Waals surface area contributed by atoms with Gasteiger partial charge in [0.1, 0.15) is 0 Å². The zero-order chi connectivity index (χ0) is 18.0. The lowest BCUT2D eigenvalue weighted by molar-refractivity contribution is -0.132. The zero-order valence-electron chi connectivity index (χ0n) is 17.2. The Bertz CT molecular complexity index is 275. The third-order valence-electron chi connectivity index (χ3n) is 4.71. The lowest BCUT2D eigenvalue weighted by Gasteiger charge is -2.25. The molecule has 0 aromatic carbocycles. The van der Waals surface area contributed by atoms with Crippen LogP contribution < -0.4 is 0 Å². The molecule has 0 aliphatic heterocycles. The van der Waals surface area contributed by atoms with Gasteiger partial charge in [-0.1, -0.05) is 98.3 Å². The first kappa shape index (κ1) is 23.5. The first-order valence-electron chi connectivity index (χ1n) is 10.9. The largest absolute Gasteiger partial charge is 0.342 e. The van der Waals surface area contributed by atoms with Crippen LogP contribution in [0.4, 0.5) is 0 Å². The van der Waals surface area contributed by atoms with Gasteiger partial charge in [0.25, 0.3) is 0 Å². The summed E-state index contributed by atoms with van der Waals surface area (Å²) >= 11 is 0. The molecular weight excluding hydrogens is 294 g/mol. The van der Waals surface area contributed by atoms with Crippen LogP contribution in [0.15, 0.2) is 0 Å². The Hall–Kier alpha value is -0.530. The van der Waals surface area contributed by atoms with Crippen molar-refractivity contribution in [2.75, 3.05) is 13.1 Å². The maximum Gasteiger partial charge on any atom is 0.222 e. The monoisotopic (exact) mass is 339 g/mol. The third kappa shape index (κ3) is 15.0. The average molecular weight is 340 g/mol. The number of carbonyl (C=O) groups excluding carboxylic acids is 1. The molecule has 0 N–H and O–H groups in total. The van der Waals surface area contributed by atoms with E-state index in [9.17, 15) is 4.79 Å². The summed E-state index contributed by atoms with van der Waals surface area (Å²) in [6.45, 7) is 10.9. The molecule has 0 fully saturated rings. The summed E-state index contributed by atoms with van der Waals surface area (Å²) in [6, 6.07) is 0. The zero-order valence-corrected chi connectivity index (χ0v) is 17.2. The smallest absolute Gasteiger partial charge is 0.222 e. The van der Waals surface area contributed by atoms with Crippen molar-refractivity contribution in [2.45, 2.75) is 118 Å². The molecule has 0 aliphatic carbocycles. The molecule has 2 nitrogen and oxygen atoms in total. The van der Waals surface area contributed by atoms with Gasteiger partial charge in [0, 0.05) is 19.5 Å². The van der Waals surface area contributed by atoms with E-state index in [-0.39, 0.29) is 0 Å². The van der Waals surface area contributed by atoms with Crippen molar-refractivity contribution in [3.63, 3.8) is 0 Å². The molecule has 0 heterocycles. The molecule has 0 rings (SSSR count). The molecule has 0 aliphatic rings. The summed E-state index contributed by atoms with van der Waals surface area (Å²) < 4.78 is 0. The average Bonchev–Trinajstić information content (AvgIpc) is 2.55. The topological polar surface area (TPSA) is 20.3 Å². The van der Waals surface area contributed by atoms with Crippen LogP contribution in [0, 0.1) is 5.92 Å². The molecular formula is C22H45NO. The van der Waals surface area contributed by atoms with Crippen molar-refractivity contribution in [1.82, 2.24) is 4.90 Å². The van der Waals surface area contributed by atoms with Crippen LogP contribution in [-0.2, 0) is 4.79 Å². The number of hydrogen-bond acceptors (Lipinski definition) is 1. The fourth-order valence-corrected chi connectivity index (χ4v) is 3.23. The van der Waals surface area contributed by atoms with Crippen LogP contribution in [0.3, 0.4) is 0 Å². The highest BCUT2D eigenvalue weighted by Gasteiger charge is 2.14. The summed E-state index contributed by atoms with van der Waals surface area (Å²) in [5.41, 5.74) is 0. The number of nitrogens with zero attached hydrogens (tertiary/aromatic N) is 1. The van der Waals surface area contributed by atoms with E-state index < -0.39 is 0 Å². The molecule has 0 atom stereocenters. The number of rotatable bonds is 17. The summed E-state index contributed by atoms with van der Waals surface area (Å²) in [7, 11) is 0. The first-order valence-corrected chi connectivity index (χ1v) is 10.9. The molecule has 0 bridgehead atoms. The molecule has 0 saturated heterocycles. The Morgan fingerprint density at radius 2 is 1.17 bits per heavy atom. The summed E-state index contributed by atoms with van der Waals surface area (Å²) in [5.74, 6) is 0.967. The molecule has 0 unspecified atom stereocenters. The highest BCUT2D eigenvalue weighted by Crippen LogP contribution is 2.12. The Balaban J connectivity index is 3.86. The van der Waals surface area contributed by atoms with Crippen LogP contribution in [0.2, 0.25) is 0 Å². The normalized spacial score (nSPS) is 11.2.